The van der Waals surface area contributed by atoms with E-state index < -0.39 is 6.10 Å². The molecule has 2 atom stereocenters. The third kappa shape index (κ3) is 13.4. The van der Waals surface area contributed by atoms with Crippen LogP contribution in [0.4, 0.5) is 0 Å². The van der Waals surface area contributed by atoms with Crippen molar-refractivity contribution < 1.29 is 14.3 Å². The number of hydrogen-bond acceptors (Lipinski definition) is 6. The van der Waals surface area contributed by atoms with Gasteiger partial charge in [-0.25, -0.2) is 9.78 Å². The van der Waals surface area contributed by atoms with Crippen molar-refractivity contribution in [3.05, 3.63) is 75.3 Å². The fourth-order valence-electron chi connectivity index (χ4n) is 3.89. The van der Waals surface area contributed by atoms with Gasteiger partial charge in [-0.2, -0.15) is 0 Å². The van der Waals surface area contributed by atoms with Gasteiger partial charge in [0.25, 0.3) is 0 Å². The maximum atomic E-state index is 12.6. The quantitative estimate of drug-likeness (QED) is 0.393. The van der Waals surface area contributed by atoms with Gasteiger partial charge in [0.15, 0.2) is 0 Å². The van der Waals surface area contributed by atoms with Crippen LogP contribution in [0.5, 0.6) is 0 Å². The highest BCUT2D eigenvalue weighted by molar-refractivity contribution is 7.09. The molecule has 0 unspecified atom stereocenters. The van der Waals surface area contributed by atoms with Crippen molar-refractivity contribution >= 4 is 23.2 Å². The molecule has 0 saturated heterocycles. The van der Waals surface area contributed by atoms with Gasteiger partial charge < -0.3 is 15.0 Å². The summed E-state index contributed by atoms with van der Waals surface area (Å²) in [6.07, 6.45) is 17.3. The monoisotopic (exact) mass is 525 g/mol. The van der Waals surface area contributed by atoms with E-state index in [0.717, 1.165) is 54.1 Å². The number of likely N-dealkylation sites (N-methyl/N-ethyl adjacent to an activating group) is 1. The molecular weight excluding hydrogens is 482 g/mol. The number of esters is 1. The summed E-state index contributed by atoms with van der Waals surface area (Å²) >= 11 is 1.59. The molecule has 1 aliphatic rings. The van der Waals surface area contributed by atoms with Crippen molar-refractivity contribution in [1.29, 1.82) is 0 Å². The van der Waals surface area contributed by atoms with Crippen LogP contribution in [-0.4, -0.2) is 54.5 Å². The number of carbonyl (C=O) groups excluding carboxylic acids is 2. The minimum atomic E-state index is -0.416. The fourth-order valence-corrected chi connectivity index (χ4v) is 4.76. The number of rotatable bonds is 5. The molecule has 37 heavy (non-hydrogen) atoms. The van der Waals surface area contributed by atoms with Crippen molar-refractivity contribution in [2.75, 3.05) is 20.6 Å². The molecule has 0 fully saturated rings. The number of amides is 1. The number of allylic oxidation sites excluding steroid dienone is 6. The summed E-state index contributed by atoms with van der Waals surface area (Å²) in [6.45, 7) is 8.98. The molecule has 0 radical (unpaired) electrons. The molecule has 6 nitrogen and oxygen atoms in total. The van der Waals surface area contributed by atoms with Gasteiger partial charge in [-0.1, -0.05) is 47.1 Å². The molecule has 2 heterocycles. The first-order valence-corrected chi connectivity index (χ1v) is 13.9. The Bertz CT molecular complexity index is 1050. The Morgan fingerprint density at radius 1 is 1.16 bits per heavy atom. The van der Waals surface area contributed by atoms with Crippen molar-refractivity contribution in [2.24, 2.45) is 0 Å². The summed E-state index contributed by atoms with van der Waals surface area (Å²) in [7, 11) is 4.09. The van der Waals surface area contributed by atoms with E-state index in [1.54, 1.807) is 17.4 Å². The molecule has 202 valence electrons. The van der Waals surface area contributed by atoms with Crippen molar-refractivity contribution in [1.82, 2.24) is 15.2 Å². The summed E-state index contributed by atoms with van der Waals surface area (Å²) in [5.41, 5.74) is 4.31. The van der Waals surface area contributed by atoms with E-state index in [2.05, 4.69) is 40.7 Å². The van der Waals surface area contributed by atoms with Gasteiger partial charge in [-0.3, -0.25) is 4.79 Å². The maximum Gasteiger partial charge on any atom is 0.331 e. The van der Waals surface area contributed by atoms with Gasteiger partial charge in [0.05, 0.1) is 10.7 Å². The number of aryl methyl sites for hydroxylation is 1. The van der Waals surface area contributed by atoms with Crippen LogP contribution in [0, 0.1) is 0 Å². The first kappa shape index (κ1) is 30.5. The van der Waals surface area contributed by atoms with E-state index in [1.165, 1.54) is 11.6 Å². The Kier molecular flexibility index (Phi) is 13.3. The number of nitrogens with zero attached hydrogens (tertiary/aromatic N) is 2. The molecule has 0 aromatic carbocycles. The molecule has 1 aromatic heterocycles. The zero-order chi connectivity index (χ0) is 27.2. The number of hydrogen-bond donors (Lipinski definition) is 1. The van der Waals surface area contributed by atoms with Crippen LogP contribution >= 0.6 is 11.3 Å². The van der Waals surface area contributed by atoms with Crippen LogP contribution in [0.25, 0.3) is 0 Å². The normalized spacial score (nSPS) is 21.8. The number of cyclic esters (lactones) is 1. The van der Waals surface area contributed by atoms with Gasteiger partial charge in [0, 0.05) is 36.9 Å². The number of ether oxygens (including phenoxy) is 1. The Balaban J connectivity index is 2.21. The van der Waals surface area contributed by atoms with E-state index in [9.17, 15) is 9.59 Å². The summed E-state index contributed by atoms with van der Waals surface area (Å²) in [5.74, 6) is -0.307. The lowest BCUT2D eigenvalue weighted by atomic mass is 10.1. The van der Waals surface area contributed by atoms with Crippen LogP contribution in [0.2, 0.25) is 0 Å². The average Bonchev–Trinajstić information content (AvgIpc) is 3.25. The molecule has 1 aliphatic heterocycles. The van der Waals surface area contributed by atoms with E-state index >= 15 is 0 Å². The maximum absolute atomic E-state index is 12.6. The van der Waals surface area contributed by atoms with Crippen molar-refractivity contribution in [2.45, 2.75) is 78.4 Å². The molecule has 1 amide bonds. The number of aromatic nitrogens is 1. The van der Waals surface area contributed by atoms with E-state index in [0.29, 0.717) is 12.8 Å². The van der Waals surface area contributed by atoms with Gasteiger partial charge in [-0.15, -0.1) is 11.3 Å². The molecule has 0 spiro atoms. The number of nitrogens with one attached hydrogen (secondary N) is 1. The van der Waals surface area contributed by atoms with E-state index in [4.69, 9.17) is 9.72 Å². The van der Waals surface area contributed by atoms with Crippen LogP contribution in [0.3, 0.4) is 0 Å². The fraction of sp³-hybridized carbons (Fsp3) is 0.500. The van der Waals surface area contributed by atoms with Gasteiger partial charge in [-0.05, 0) is 73.5 Å². The molecule has 2 bridgehead atoms. The van der Waals surface area contributed by atoms with Crippen LogP contribution in [-0.2, 0) is 27.2 Å². The average molecular weight is 526 g/mol. The lowest BCUT2D eigenvalue weighted by Gasteiger charge is -2.14. The van der Waals surface area contributed by atoms with Crippen molar-refractivity contribution in [3.8, 4) is 0 Å². The third-order valence-corrected chi connectivity index (χ3v) is 6.73. The summed E-state index contributed by atoms with van der Waals surface area (Å²) in [5, 5.41) is 6.06. The van der Waals surface area contributed by atoms with Crippen LogP contribution < -0.4 is 5.32 Å². The minimum Gasteiger partial charge on any atom is -0.454 e. The largest absolute Gasteiger partial charge is 0.454 e. The summed E-state index contributed by atoms with van der Waals surface area (Å²) < 4.78 is 5.83. The zero-order valence-corrected chi connectivity index (χ0v) is 24.1. The Hall–Kier alpha value is -2.77. The summed E-state index contributed by atoms with van der Waals surface area (Å²) in [4.78, 5) is 31.8. The number of thiazole rings is 1. The summed E-state index contributed by atoms with van der Waals surface area (Å²) in [6, 6.07) is 0.0409. The zero-order valence-electron chi connectivity index (χ0n) is 23.3. The molecule has 0 aliphatic carbocycles. The molecule has 1 N–H and O–H groups in total. The Labute approximate surface area is 226 Å². The van der Waals surface area contributed by atoms with Gasteiger partial charge in [0.1, 0.15) is 6.10 Å². The van der Waals surface area contributed by atoms with E-state index in [1.807, 2.05) is 47.0 Å². The first-order chi connectivity index (χ1) is 17.6. The Morgan fingerprint density at radius 2 is 1.89 bits per heavy atom. The Morgan fingerprint density at radius 3 is 2.65 bits per heavy atom. The predicted molar refractivity (Wildman–Crippen MR) is 154 cm³/mol. The lowest BCUT2D eigenvalue weighted by Crippen LogP contribution is -2.32. The van der Waals surface area contributed by atoms with E-state index in [-0.39, 0.29) is 17.9 Å². The standard InChI is InChI=1S/C30H43N3O3S/c1-22(16-17-33(5)6)14-15-24(3)19-27-20-29-32-26(21-37-29)11-7-8-12-28(34)31-25(4)18-23(2)10-9-13-30(35)36-27/h9-10,13-16,19,21,25,27H,7-8,11-12,17-18,20H2,1-6H3,(H,31,34)/t25-,27+/m0/s1. The molecule has 0 saturated carbocycles. The lowest BCUT2D eigenvalue weighted by molar-refractivity contribution is -0.140. The topological polar surface area (TPSA) is 71.5 Å². The highest BCUT2D eigenvalue weighted by atomic mass is 32.1. The van der Waals surface area contributed by atoms with Crippen LogP contribution in [0.1, 0.15) is 64.1 Å². The van der Waals surface area contributed by atoms with Gasteiger partial charge in [0.2, 0.25) is 5.91 Å². The smallest absolute Gasteiger partial charge is 0.331 e. The van der Waals surface area contributed by atoms with Crippen LogP contribution in [0.15, 0.2) is 64.6 Å². The van der Waals surface area contributed by atoms with Crippen molar-refractivity contribution in [3.63, 3.8) is 0 Å². The molecule has 2 rings (SSSR count). The highest BCUT2D eigenvalue weighted by Gasteiger charge is 2.15. The second kappa shape index (κ2) is 16.2. The third-order valence-electron chi connectivity index (χ3n) is 5.81. The number of carbonyl (C=O) groups is 2. The highest BCUT2D eigenvalue weighted by Crippen LogP contribution is 2.18. The second-order valence-electron chi connectivity index (χ2n) is 10.1. The first-order valence-electron chi connectivity index (χ1n) is 13.1. The second-order valence-corrected chi connectivity index (χ2v) is 11.1. The number of fused-ring (bicyclic) bond motifs is 2. The molecular formula is C30H43N3O3S. The van der Waals surface area contributed by atoms with Gasteiger partial charge >= 0.3 is 5.97 Å². The molecule has 1 aromatic rings. The molecule has 7 heteroatoms. The predicted octanol–water partition coefficient (Wildman–Crippen LogP) is 5.73. The SMILES string of the molecule is CC(C=CC(C)=C[C@@H]1Cc2nc(cs2)CCCCC(=O)N[C@@H](C)CC(C)=CC=CC(=O)O1)=CCN(C)C. The minimum absolute atomic E-state index is 0.0409.